The van der Waals surface area contributed by atoms with E-state index in [1.165, 1.54) is 40.0 Å². The first kappa shape index (κ1) is 19.3. The van der Waals surface area contributed by atoms with Crippen molar-refractivity contribution < 1.29 is 26.0 Å². The van der Waals surface area contributed by atoms with Crippen LogP contribution in [0.4, 0.5) is 4.39 Å². The number of nitrogens with zero attached hydrogens (tertiary/aromatic N) is 2. The van der Waals surface area contributed by atoms with Gasteiger partial charge in [0, 0.05) is 33.3 Å². The lowest BCUT2D eigenvalue weighted by Gasteiger charge is -2.33. The first-order chi connectivity index (χ1) is 11.2. The van der Waals surface area contributed by atoms with E-state index in [0.717, 1.165) is 0 Å². The predicted octanol–water partition coefficient (Wildman–Crippen LogP) is 0.249. The summed E-state index contributed by atoms with van der Waals surface area (Å²) in [4.78, 5) is 0. The second-order valence-electron chi connectivity index (χ2n) is 5.49. The van der Waals surface area contributed by atoms with Gasteiger partial charge in [0.2, 0.25) is 20.0 Å². The van der Waals surface area contributed by atoms with Gasteiger partial charge in [-0.2, -0.15) is 8.61 Å². The molecule has 0 N–H and O–H groups in total. The Balaban J connectivity index is 1.96. The number of sulfonamides is 2. The molecule has 136 valence electrons. The molecule has 1 aliphatic heterocycles. The molecule has 0 bridgehead atoms. The van der Waals surface area contributed by atoms with Crippen molar-refractivity contribution in [2.45, 2.75) is 5.75 Å². The van der Waals surface area contributed by atoms with Crippen LogP contribution in [-0.2, 0) is 30.5 Å². The molecular weight excluding hydrogens is 359 g/mol. The maximum atomic E-state index is 12.9. The maximum absolute atomic E-state index is 12.9. The Morgan fingerprint density at radius 3 is 1.96 bits per heavy atom. The van der Waals surface area contributed by atoms with Crippen LogP contribution in [0.3, 0.4) is 0 Å². The fourth-order valence-electron chi connectivity index (χ4n) is 2.43. The normalized spacial score (nSPS) is 17.9. The summed E-state index contributed by atoms with van der Waals surface area (Å²) in [5.41, 5.74) is 0.492. The third-order valence-corrected chi connectivity index (χ3v) is 7.48. The van der Waals surface area contributed by atoms with Crippen LogP contribution in [0.2, 0.25) is 0 Å². The van der Waals surface area contributed by atoms with Crippen molar-refractivity contribution in [2.24, 2.45) is 0 Å². The standard InChI is InChI=1S/C14H21FN2O5S2/c1-22-10-11-23(18,19)16-6-8-17(9-7-16)24(20,21)12-13-2-4-14(15)5-3-13/h2-5H,6-12H2,1H3. The lowest BCUT2D eigenvalue weighted by atomic mass is 10.2. The molecule has 1 aliphatic rings. The SMILES string of the molecule is COCCS(=O)(=O)N1CCN(S(=O)(=O)Cc2ccc(F)cc2)CC1. The van der Waals surface area contributed by atoms with E-state index >= 15 is 0 Å². The number of piperazine rings is 1. The molecule has 24 heavy (non-hydrogen) atoms. The lowest BCUT2D eigenvalue weighted by molar-refractivity contribution is 0.213. The van der Waals surface area contributed by atoms with E-state index in [9.17, 15) is 21.2 Å². The molecule has 2 rings (SSSR count). The van der Waals surface area contributed by atoms with E-state index in [0.29, 0.717) is 5.56 Å². The van der Waals surface area contributed by atoms with Crippen molar-refractivity contribution in [3.63, 3.8) is 0 Å². The zero-order valence-electron chi connectivity index (χ0n) is 13.4. The van der Waals surface area contributed by atoms with Crippen molar-refractivity contribution in [3.05, 3.63) is 35.6 Å². The van der Waals surface area contributed by atoms with Crippen LogP contribution < -0.4 is 0 Å². The van der Waals surface area contributed by atoms with Gasteiger partial charge in [-0.15, -0.1) is 0 Å². The van der Waals surface area contributed by atoms with E-state index in [2.05, 4.69) is 0 Å². The Morgan fingerprint density at radius 1 is 0.958 bits per heavy atom. The number of ether oxygens (including phenoxy) is 1. The van der Waals surface area contributed by atoms with Crippen LogP contribution in [0.25, 0.3) is 0 Å². The molecule has 1 heterocycles. The van der Waals surface area contributed by atoms with Crippen LogP contribution in [-0.4, -0.2) is 71.1 Å². The van der Waals surface area contributed by atoms with Gasteiger partial charge < -0.3 is 4.74 Å². The number of methoxy groups -OCH3 is 1. The van der Waals surface area contributed by atoms with Crippen LogP contribution in [0.5, 0.6) is 0 Å². The van der Waals surface area contributed by atoms with Gasteiger partial charge in [0.25, 0.3) is 0 Å². The highest BCUT2D eigenvalue weighted by Gasteiger charge is 2.31. The van der Waals surface area contributed by atoms with E-state index < -0.39 is 25.9 Å². The monoisotopic (exact) mass is 380 g/mol. The second kappa shape index (κ2) is 7.87. The van der Waals surface area contributed by atoms with E-state index in [1.54, 1.807) is 0 Å². The van der Waals surface area contributed by atoms with Gasteiger partial charge in [-0.3, -0.25) is 0 Å². The maximum Gasteiger partial charge on any atom is 0.218 e. The summed E-state index contributed by atoms with van der Waals surface area (Å²) in [5, 5.41) is 0. The number of hydrogen-bond acceptors (Lipinski definition) is 5. The van der Waals surface area contributed by atoms with Gasteiger partial charge in [0.05, 0.1) is 18.1 Å². The fraction of sp³-hybridized carbons (Fsp3) is 0.571. The molecule has 0 aliphatic carbocycles. The Hall–Kier alpha value is -1.07. The fourth-order valence-corrected chi connectivity index (χ4v) is 5.30. The van der Waals surface area contributed by atoms with Crippen molar-refractivity contribution in [1.82, 2.24) is 8.61 Å². The van der Waals surface area contributed by atoms with Crippen molar-refractivity contribution in [3.8, 4) is 0 Å². The molecule has 0 radical (unpaired) electrons. The quantitative estimate of drug-likeness (QED) is 0.677. The van der Waals surface area contributed by atoms with E-state index in [-0.39, 0.29) is 44.3 Å². The first-order valence-corrected chi connectivity index (χ1v) is 10.7. The Morgan fingerprint density at radius 2 is 1.46 bits per heavy atom. The Bertz CT molecular complexity index is 742. The summed E-state index contributed by atoms with van der Waals surface area (Å²) in [6, 6.07) is 5.28. The largest absolute Gasteiger partial charge is 0.384 e. The third-order valence-electron chi connectivity index (χ3n) is 3.79. The minimum atomic E-state index is -3.57. The molecule has 1 aromatic rings. The number of hydrogen-bond donors (Lipinski definition) is 0. The van der Waals surface area contributed by atoms with Crippen LogP contribution in [0.15, 0.2) is 24.3 Å². The Kier molecular flexibility index (Phi) is 6.32. The summed E-state index contributed by atoms with van der Waals surface area (Å²) in [5.74, 6) is -0.777. The molecule has 0 atom stereocenters. The summed E-state index contributed by atoms with van der Waals surface area (Å²) in [6.07, 6.45) is 0. The molecule has 1 fully saturated rings. The van der Waals surface area contributed by atoms with Gasteiger partial charge in [-0.05, 0) is 17.7 Å². The average molecular weight is 380 g/mol. The van der Waals surface area contributed by atoms with Crippen molar-refractivity contribution in [2.75, 3.05) is 45.6 Å². The first-order valence-electron chi connectivity index (χ1n) is 7.43. The van der Waals surface area contributed by atoms with Crippen LogP contribution in [0.1, 0.15) is 5.56 Å². The number of rotatable bonds is 7. The molecule has 7 nitrogen and oxygen atoms in total. The summed E-state index contributed by atoms with van der Waals surface area (Å²) < 4.78 is 69.2. The summed E-state index contributed by atoms with van der Waals surface area (Å²) >= 11 is 0. The molecule has 10 heteroatoms. The zero-order chi connectivity index (χ0) is 17.8. The molecule has 0 spiro atoms. The molecule has 0 saturated carbocycles. The topological polar surface area (TPSA) is 84.0 Å². The number of halogens is 1. The van der Waals surface area contributed by atoms with E-state index in [1.807, 2.05) is 0 Å². The molecule has 0 unspecified atom stereocenters. The van der Waals surface area contributed by atoms with Crippen molar-refractivity contribution in [1.29, 1.82) is 0 Å². The minimum absolute atomic E-state index is 0.103. The van der Waals surface area contributed by atoms with Gasteiger partial charge in [-0.25, -0.2) is 21.2 Å². The molecular formula is C14H21FN2O5S2. The number of benzene rings is 1. The van der Waals surface area contributed by atoms with Crippen LogP contribution >= 0.6 is 0 Å². The molecule has 1 aromatic carbocycles. The summed E-state index contributed by atoms with van der Waals surface area (Å²) in [6.45, 7) is 0.556. The van der Waals surface area contributed by atoms with Gasteiger partial charge in [-0.1, -0.05) is 12.1 Å². The highest BCUT2D eigenvalue weighted by atomic mass is 32.2. The average Bonchev–Trinajstić information content (AvgIpc) is 2.55. The molecule has 0 amide bonds. The lowest BCUT2D eigenvalue weighted by Crippen LogP contribution is -2.51. The molecule has 0 aromatic heterocycles. The predicted molar refractivity (Wildman–Crippen MR) is 87.8 cm³/mol. The smallest absolute Gasteiger partial charge is 0.218 e. The zero-order valence-corrected chi connectivity index (χ0v) is 15.0. The summed E-state index contributed by atoms with van der Waals surface area (Å²) in [7, 11) is -5.58. The molecule has 1 saturated heterocycles. The third kappa shape index (κ3) is 4.96. The second-order valence-corrected chi connectivity index (χ2v) is 9.55. The highest BCUT2D eigenvalue weighted by molar-refractivity contribution is 7.89. The highest BCUT2D eigenvalue weighted by Crippen LogP contribution is 2.16. The minimum Gasteiger partial charge on any atom is -0.384 e. The van der Waals surface area contributed by atoms with Crippen molar-refractivity contribution >= 4 is 20.0 Å². The van der Waals surface area contributed by atoms with E-state index in [4.69, 9.17) is 4.74 Å². The van der Waals surface area contributed by atoms with Gasteiger partial charge in [0.1, 0.15) is 5.82 Å². The Labute approximate surface area is 142 Å². The van der Waals surface area contributed by atoms with Gasteiger partial charge >= 0.3 is 0 Å². The van der Waals surface area contributed by atoms with Gasteiger partial charge in [0.15, 0.2) is 0 Å². The van der Waals surface area contributed by atoms with Crippen LogP contribution in [0, 0.1) is 5.82 Å².